The highest BCUT2D eigenvalue weighted by molar-refractivity contribution is 7.81. The Bertz CT molecular complexity index is 2720. The molecule has 3 atom stereocenters. The molecule has 2 saturated heterocycles. The van der Waals surface area contributed by atoms with Gasteiger partial charge in [-0.05, 0) is 98.8 Å². The summed E-state index contributed by atoms with van der Waals surface area (Å²) in [6.45, 7) is 11.2. The molecule has 4 aromatic rings. The Hall–Kier alpha value is -6.18. The topological polar surface area (TPSA) is 194 Å². The maximum atomic E-state index is 15.5. The lowest BCUT2D eigenvalue weighted by atomic mass is 9.85. The van der Waals surface area contributed by atoms with Crippen molar-refractivity contribution in [1.82, 2.24) is 20.5 Å². The fourth-order valence-electron chi connectivity index (χ4n) is 8.47. The number of benzene rings is 3. The molecular formula is C51H57F4N7O8S2. The third kappa shape index (κ3) is 12.9. The fourth-order valence-corrected chi connectivity index (χ4v) is 9.80. The van der Waals surface area contributed by atoms with Gasteiger partial charge >= 0.3 is 6.18 Å². The molecular weight excluding hydrogens is 979 g/mol. The first kappa shape index (κ1) is 55.1. The smallest absolute Gasteiger partial charge is 0.391 e. The second kappa shape index (κ2) is 23.1. The number of aliphatic hydroxyl groups is 1. The number of ketones is 1. The number of hydrogen-bond acceptors (Lipinski definition) is 12. The molecule has 1 unspecified atom stereocenters. The Labute approximate surface area is 424 Å². The summed E-state index contributed by atoms with van der Waals surface area (Å²) >= 11 is 7.07. The number of Topliss-reactive ketones (excluding diaryl/α,β-unsaturated/α-hetero) is 1. The van der Waals surface area contributed by atoms with Crippen LogP contribution in [0.3, 0.4) is 0 Å². The first-order valence-electron chi connectivity index (χ1n) is 23.3. The third-order valence-corrected chi connectivity index (χ3v) is 13.7. The zero-order chi connectivity index (χ0) is 52.7. The van der Waals surface area contributed by atoms with Crippen LogP contribution in [0.2, 0.25) is 0 Å². The Morgan fingerprint density at radius 1 is 0.972 bits per heavy atom. The molecule has 1 aromatic heterocycles. The molecule has 0 saturated carbocycles. The van der Waals surface area contributed by atoms with Crippen molar-refractivity contribution in [1.29, 1.82) is 5.26 Å². The van der Waals surface area contributed by atoms with E-state index < -0.39 is 75.8 Å². The van der Waals surface area contributed by atoms with Crippen LogP contribution >= 0.6 is 23.6 Å². The van der Waals surface area contributed by atoms with Gasteiger partial charge in [-0.1, -0.05) is 45.0 Å². The quantitative estimate of drug-likeness (QED) is 0.0339. The largest absolute Gasteiger partial charge is 0.417 e. The van der Waals surface area contributed by atoms with Crippen LogP contribution in [0.1, 0.15) is 99.5 Å². The third-order valence-electron chi connectivity index (χ3n) is 12.3. The van der Waals surface area contributed by atoms with Gasteiger partial charge in [-0.15, -0.1) is 11.3 Å². The number of halogens is 4. The fraction of sp³-hybridized carbons (Fsp3) is 0.451. The lowest BCUT2D eigenvalue weighted by Gasteiger charge is -2.35. The summed E-state index contributed by atoms with van der Waals surface area (Å²) in [5.74, 6) is -3.33. The van der Waals surface area contributed by atoms with E-state index in [9.17, 15) is 47.5 Å². The van der Waals surface area contributed by atoms with Crippen molar-refractivity contribution in [2.45, 2.75) is 110 Å². The van der Waals surface area contributed by atoms with E-state index in [0.29, 0.717) is 12.5 Å². The Kier molecular flexibility index (Phi) is 17.7. The summed E-state index contributed by atoms with van der Waals surface area (Å²) in [7, 11) is 0. The molecule has 15 nitrogen and oxygen atoms in total. The number of likely N-dealkylation sites (tertiary alicyclic amines) is 1. The molecule has 4 amide bonds. The number of nitrogens with one attached hydrogen (secondary N) is 2. The summed E-state index contributed by atoms with van der Waals surface area (Å²) in [5.41, 5.74) is 0.242. The van der Waals surface area contributed by atoms with Crippen LogP contribution in [0, 0.1) is 29.5 Å². The minimum absolute atomic E-state index is 0.0474. The van der Waals surface area contributed by atoms with Gasteiger partial charge in [0, 0.05) is 51.3 Å². The number of carbonyl (C=O) groups excluding carboxylic acids is 5. The zero-order valence-corrected chi connectivity index (χ0v) is 42.4. The Morgan fingerprint density at radius 3 is 2.22 bits per heavy atom. The van der Waals surface area contributed by atoms with Gasteiger partial charge in [-0.2, -0.15) is 18.4 Å². The van der Waals surface area contributed by atoms with Crippen LogP contribution in [0.4, 0.5) is 28.9 Å². The average molecular weight is 1040 g/mol. The van der Waals surface area contributed by atoms with Crippen molar-refractivity contribution in [2.75, 3.05) is 42.8 Å². The first-order chi connectivity index (χ1) is 33.9. The number of thiazole rings is 1. The number of ether oxygens (including phenoxy) is 2. The first-order valence-corrected chi connectivity index (χ1v) is 24.6. The molecule has 3 N–H and O–H groups in total. The normalized spacial score (nSPS) is 17.3. The number of β-amino-alcohol motifs (C(OH)–C–C–N with tert-alkyl or cyclic N) is 1. The van der Waals surface area contributed by atoms with Gasteiger partial charge < -0.3 is 35.0 Å². The van der Waals surface area contributed by atoms with E-state index in [-0.39, 0.29) is 93.2 Å². The van der Waals surface area contributed by atoms with Gasteiger partial charge in [-0.3, -0.25) is 28.9 Å². The number of aliphatic hydroxyl groups excluding tert-OH is 1. The monoisotopic (exact) mass is 1040 g/mol. The van der Waals surface area contributed by atoms with Crippen molar-refractivity contribution in [3.8, 4) is 16.5 Å². The maximum Gasteiger partial charge on any atom is 0.417 e. The Balaban J connectivity index is 0.894. The van der Waals surface area contributed by atoms with Crippen LogP contribution in [-0.2, 0) is 41.4 Å². The second-order valence-corrected chi connectivity index (χ2v) is 20.3. The molecule has 21 heteroatoms. The summed E-state index contributed by atoms with van der Waals surface area (Å²) < 4.78 is 67.8. The van der Waals surface area contributed by atoms with Gasteiger partial charge in [0.15, 0.2) is 10.9 Å². The molecule has 0 spiro atoms. The molecule has 2 aliphatic heterocycles. The van der Waals surface area contributed by atoms with E-state index in [1.807, 2.05) is 52.0 Å². The molecule has 384 valence electrons. The number of amides is 4. The molecule has 0 aliphatic carbocycles. The summed E-state index contributed by atoms with van der Waals surface area (Å²) in [5, 5.41) is 25.3. The highest BCUT2D eigenvalue weighted by atomic mass is 32.1. The standard InChI is InChI=1S/C51H57F4N7O8S2/c1-30-43(72-29-58-30)32-13-11-31(12-14-32)27-57-45(66)40-25-36(63)28-60(40)46(67)44(49(2,3)4)59-42(65)10-8-20-70-22-21-69-19-7-9-41(64)37-18-17-35(24-39(37)52)62-48(71)61(47(68)50(62,5)6)34-16-15-33(26-56)38(23-34)51(53,54)55/h11-18,23-24,29,36,40,44,63H,7-10,19-22,25,27-28H2,1-6H3,(H,57,66)(H,59,65)/t36-,40?,44-/m1/s1. The van der Waals surface area contributed by atoms with Crippen molar-refractivity contribution in [3.05, 3.63) is 99.9 Å². The van der Waals surface area contributed by atoms with E-state index in [4.69, 9.17) is 21.7 Å². The maximum absolute atomic E-state index is 15.5. The molecule has 2 aliphatic rings. The van der Waals surface area contributed by atoms with Crippen LogP contribution in [-0.4, -0.2) is 106 Å². The van der Waals surface area contributed by atoms with Crippen LogP contribution in [0.25, 0.3) is 10.4 Å². The molecule has 0 bridgehead atoms. The van der Waals surface area contributed by atoms with Gasteiger partial charge in [0.1, 0.15) is 23.4 Å². The van der Waals surface area contributed by atoms with E-state index in [2.05, 4.69) is 15.6 Å². The summed E-state index contributed by atoms with van der Waals surface area (Å²) in [6, 6.07) is 13.8. The zero-order valence-electron chi connectivity index (χ0n) is 40.7. The molecule has 3 aromatic carbocycles. The lowest BCUT2D eigenvalue weighted by molar-refractivity contribution is -0.144. The number of nitrogens with zero attached hydrogens (tertiary/aromatic N) is 5. The van der Waals surface area contributed by atoms with E-state index in [1.165, 1.54) is 47.9 Å². The SMILES string of the molecule is Cc1ncsc1-c1ccc(CNC(=O)C2C[C@@H](O)CN2C(=O)[C@@H](NC(=O)CCCOCCOCCCC(=O)c2ccc(N3C(=S)N(c4ccc(C#N)c(C(F)(F)F)c4)C(=O)C3(C)C)cc2F)C(C)(C)C)cc1. The average Bonchev–Trinajstić information content (AvgIpc) is 3.99. The molecule has 72 heavy (non-hydrogen) atoms. The highest BCUT2D eigenvalue weighted by Gasteiger charge is 2.51. The minimum atomic E-state index is -4.88. The highest BCUT2D eigenvalue weighted by Crippen LogP contribution is 2.40. The minimum Gasteiger partial charge on any atom is -0.391 e. The van der Waals surface area contributed by atoms with Crippen molar-refractivity contribution >= 4 is 69.5 Å². The van der Waals surface area contributed by atoms with Gasteiger partial charge in [0.25, 0.3) is 5.91 Å². The predicted octanol–water partition coefficient (Wildman–Crippen LogP) is 7.65. The Morgan fingerprint density at radius 2 is 1.62 bits per heavy atom. The molecule has 0 radical (unpaired) electrons. The van der Waals surface area contributed by atoms with E-state index in [0.717, 1.165) is 38.7 Å². The van der Waals surface area contributed by atoms with Gasteiger partial charge in [-0.25, -0.2) is 9.37 Å². The van der Waals surface area contributed by atoms with Gasteiger partial charge in [0.2, 0.25) is 17.7 Å². The molecule has 3 heterocycles. The predicted molar refractivity (Wildman–Crippen MR) is 265 cm³/mol. The number of aryl methyl sites for hydroxylation is 1. The second-order valence-electron chi connectivity index (χ2n) is 19.1. The lowest BCUT2D eigenvalue weighted by Crippen LogP contribution is -2.57. The van der Waals surface area contributed by atoms with Gasteiger partial charge in [0.05, 0.1) is 63.8 Å². The van der Waals surface area contributed by atoms with Crippen molar-refractivity contribution in [3.63, 3.8) is 0 Å². The number of aromatic nitrogens is 1. The van der Waals surface area contributed by atoms with Crippen LogP contribution in [0.15, 0.2) is 66.2 Å². The van der Waals surface area contributed by atoms with Crippen LogP contribution < -0.4 is 20.4 Å². The molecule has 2 fully saturated rings. The summed E-state index contributed by atoms with van der Waals surface area (Å²) in [4.78, 5) is 75.9. The van der Waals surface area contributed by atoms with Crippen molar-refractivity contribution < 1.29 is 56.1 Å². The van der Waals surface area contributed by atoms with E-state index >= 15 is 4.39 Å². The number of anilines is 2. The summed E-state index contributed by atoms with van der Waals surface area (Å²) in [6.07, 6.45) is -5.12. The van der Waals surface area contributed by atoms with E-state index in [1.54, 1.807) is 16.8 Å². The number of nitriles is 1. The number of hydrogen-bond donors (Lipinski definition) is 3. The molecule has 6 rings (SSSR count). The number of alkyl halides is 3. The number of rotatable bonds is 20. The van der Waals surface area contributed by atoms with Crippen LogP contribution in [0.5, 0.6) is 0 Å². The number of thiocarbonyl (C=S) groups is 1. The number of carbonyl (C=O) groups is 5. The van der Waals surface area contributed by atoms with Crippen molar-refractivity contribution in [2.24, 2.45) is 5.41 Å².